The molecule has 1 fully saturated rings. The second kappa shape index (κ2) is 10.1. The number of rotatable bonds is 7. The number of ether oxygens (including phenoxy) is 2. The summed E-state index contributed by atoms with van der Waals surface area (Å²) in [7, 11) is 8.15. The maximum absolute atomic E-state index is 12.7. The standard InChI is InChI=1S/C21H32N4O4/c1-22-20(24-14-21(10-6-7-11-21)19(27)25(2)3)23-13-15-8-9-17(28-4)16(12-15)18(26)29-5/h8-9,12H,6-7,10-11,13-14H2,1-5H3,(H2,22,23,24). The Balaban J connectivity index is 2.02. The van der Waals surface area contributed by atoms with Crippen LogP contribution in [0.1, 0.15) is 41.6 Å². The number of esters is 1. The SMILES string of the molecule is CN=C(NCc1ccc(OC)c(C(=O)OC)c1)NCC1(C(=O)N(C)C)CCCC1. The summed E-state index contributed by atoms with van der Waals surface area (Å²) in [6.45, 7) is 1.00. The molecule has 0 unspecified atom stereocenters. The van der Waals surface area contributed by atoms with Crippen LogP contribution >= 0.6 is 0 Å². The Bertz CT molecular complexity index is 755. The van der Waals surface area contributed by atoms with Crippen LogP contribution in [0.15, 0.2) is 23.2 Å². The Morgan fingerprint density at radius 3 is 2.41 bits per heavy atom. The molecule has 8 heteroatoms. The average Bonchev–Trinajstić information content (AvgIpc) is 3.22. The van der Waals surface area contributed by atoms with Crippen LogP contribution in [0.4, 0.5) is 0 Å². The Labute approximate surface area is 172 Å². The van der Waals surface area contributed by atoms with Crippen molar-refractivity contribution in [2.24, 2.45) is 10.4 Å². The molecule has 0 bridgehead atoms. The van der Waals surface area contributed by atoms with Gasteiger partial charge < -0.3 is 25.0 Å². The van der Waals surface area contributed by atoms with Crippen molar-refractivity contribution in [3.8, 4) is 5.75 Å². The van der Waals surface area contributed by atoms with E-state index in [-0.39, 0.29) is 11.3 Å². The summed E-state index contributed by atoms with van der Waals surface area (Å²) in [6, 6.07) is 5.35. The number of benzene rings is 1. The van der Waals surface area contributed by atoms with E-state index < -0.39 is 5.97 Å². The van der Waals surface area contributed by atoms with E-state index in [1.807, 2.05) is 6.07 Å². The number of methoxy groups -OCH3 is 2. The number of carbonyl (C=O) groups is 2. The van der Waals surface area contributed by atoms with E-state index in [0.29, 0.717) is 30.4 Å². The number of nitrogens with one attached hydrogen (secondary N) is 2. The van der Waals surface area contributed by atoms with E-state index in [0.717, 1.165) is 31.2 Å². The van der Waals surface area contributed by atoms with Crippen molar-refractivity contribution in [2.75, 3.05) is 41.9 Å². The summed E-state index contributed by atoms with van der Waals surface area (Å²) >= 11 is 0. The minimum atomic E-state index is -0.448. The highest BCUT2D eigenvalue weighted by Gasteiger charge is 2.42. The third kappa shape index (κ3) is 5.40. The van der Waals surface area contributed by atoms with E-state index >= 15 is 0 Å². The zero-order valence-corrected chi connectivity index (χ0v) is 18.0. The van der Waals surface area contributed by atoms with E-state index in [1.165, 1.54) is 14.2 Å². The predicted octanol–water partition coefficient (Wildman–Crippen LogP) is 1.80. The molecule has 1 amide bonds. The molecule has 2 rings (SSSR count). The predicted molar refractivity (Wildman–Crippen MR) is 112 cm³/mol. The normalized spacial score (nSPS) is 15.6. The fourth-order valence-electron chi connectivity index (χ4n) is 3.79. The summed E-state index contributed by atoms with van der Waals surface area (Å²) in [5.41, 5.74) is 0.882. The molecule has 1 aromatic carbocycles. The van der Waals surface area contributed by atoms with Crippen molar-refractivity contribution in [1.29, 1.82) is 0 Å². The fourth-order valence-corrected chi connectivity index (χ4v) is 3.79. The third-order valence-electron chi connectivity index (χ3n) is 5.37. The van der Waals surface area contributed by atoms with Crippen LogP contribution in [0, 0.1) is 5.41 Å². The molecule has 8 nitrogen and oxygen atoms in total. The molecule has 29 heavy (non-hydrogen) atoms. The lowest BCUT2D eigenvalue weighted by molar-refractivity contribution is -0.138. The second-order valence-corrected chi connectivity index (χ2v) is 7.49. The van der Waals surface area contributed by atoms with E-state index in [9.17, 15) is 9.59 Å². The number of hydrogen-bond donors (Lipinski definition) is 2. The van der Waals surface area contributed by atoms with Crippen LogP contribution in [0.25, 0.3) is 0 Å². The summed E-state index contributed by atoms with van der Waals surface area (Å²) < 4.78 is 10.0. The molecule has 1 saturated carbocycles. The maximum atomic E-state index is 12.7. The smallest absolute Gasteiger partial charge is 0.341 e. The van der Waals surface area contributed by atoms with Gasteiger partial charge in [-0.05, 0) is 30.5 Å². The quantitative estimate of drug-likeness (QED) is 0.409. The molecule has 0 radical (unpaired) electrons. The van der Waals surface area contributed by atoms with Crippen molar-refractivity contribution in [3.05, 3.63) is 29.3 Å². The van der Waals surface area contributed by atoms with Crippen LogP contribution in [-0.4, -0.2) is 64.6 Å². The van der Waals surface area contributed by atoms with Gasteiger partial charge >= 0.3 is 5.97 Å². The molecule has 2 N–H and O–H groups in total. The van der Waals surface area contributed by atoms with Gasteiger partial charge in [-0.2, -0.15) is 0 Å². The molecule has 0 atom stereocenters. The highest BCUT2D eigenvalue weighted by Crippen LogP contribution is 2.38. The van der Waals surface area contributed by atoms with Gasteiger partial charge in [0.15, 0.2) is 5.96 Å². The van der Waals surface area contributed by atoms with Gasteiger partial charge in [0.25, 0.3) is 0 Å². The summed E-state index contributed by atoms with van der Waals surface area (Å²) in [5.74, 6) is 0.791. The lowest BCUT2D eigenvalue weighted by Gasteiger charge is -2.31. The van der Waals surface area contributed by atoms with Gasteiger partial charge in [0.05, 0.1) is 19.6 Å². The molecular formula is C21H32N4O4. The number of aliphatic imine (C=N–C) groups is 1. The monoisotopic (exact) mass is 404 g/mol. The van der Waals surface area contributed by atoms with Crippen LogP contribution in [0.2, 0.25) is 0 Å². The third-order valence-corrected chi connectivity index (χ3v) is 5.37. The molecule has 160 valence electrons. The van der Waals surface area contributed by atoms with Crippen LogP contribution in [0.5, 0.6) is 5.75 Å². The molecule has 0 aliphatic heterocycles. The number of hydrogen-bond acceptors (Lipinski definition) is 5. The van der Waals surface area contributed by atoms with Crippen molar-refractivity contribution in [1.82, 2.24) is 15.5 Å². The van der Waals surface area contributed by atoms with Crippen LogP contribution < -0.4 is 15.4 Å². The fraction of sp³-hybridized carbons (Fsp3) is 0.571. The Morgan fingerprint density at radius 2 is 1.86 bits per heavy atom. The van der Waals surface area contributed by atoms with Gasteiger partial charge in [0.2, 0.25) is 5.91 Å². The highest BCUT2D eigenvalue weighted by atomic mass is 16.5. The summed E-state index contributed by atoms with van der Waals surface area (Å²) in [4.78, 5) is 30.6. The van der Waals surface area contributed by atoms with Gasteiger partial charge in [-0.3, -0.25) is 9.79 Å². The molecule has 0 saturated heterocycles. The average molecular weight is 405 g/mol. The number of amides is 1. The van der Waals surface area contributed by atoms with Gasteiger partial charge in [-0.15, -0.1) is 0 Å². The Kier molecular flexibility index (Phi) is 7.87. The number of nitrogens with zero attached hydrogens (tertiary/aromatic N) is 2. The van der Waals surface area contributed by atoms with Gasteiger partial charge in [0, 0.05) is 34.2 Å². The zero-order valence-electron chi connectivity index (χ0n) is 18.0. The lowest BCUT2D eigenvalue weighted by Crippen LogP contribution is -2.49. The Hall–Kier alpha value is -2.77. The number of carbonyl (C=O) groups excluding carboxylic acids is 2. The summed E-state index contributed by atoms with van der Waals surface area (Å²) in [5, 5.41) is 6.54. The zero-order chi connectivity index (χ0) is 21.4. The first-order valence-corrected chi connectivity index (χ1v) is 9.78. The molecule has 1 aromatic rings. The molecule has 1 aliphatic rings. The highest BCUT2D eigenvalue weighted by molar-refractivity contribution is 5.92. The second-order valence-electron chi connectivity index (χ2n) is 7.49. The lowest BCUT2D eigenvalue weighted by atomic mass is 9.84. The molecular weight excluding hydrogens is 372 g/mol. The first-order chi connectivity index (χ1) is 13.9. The minimum absolute atomic E-state index is 0.163. The van der Waals surface area contributed by atoms with E-state index in [1.54, 1.807) is 38.2 Å². The van der Waals surface area contributed by atoms with E-state index in [2.05, 4.69) is 15.6 Å². The molecule has 0 heterocycles. The van der Waals surface area contributed by atoms with Gasteiger partial charge in [0.1, 0.15) is 11.3 Å². The molecule has 0 aromatic heterocycles. The number of guanidine groups is 1. The minimum Gasteiger partial charge on any atom is -0.496 e. The molecule has 1 aliphatic carbocycles. The van der Waals surface area contributed by atoms with Crippen molar-refractivity contribution >= 4 is 17.8 Å². The van der Waals surface area contributed by atoms with Crippen LogP contribution in [0.3, 0.4) is 0 Å². The topological polar surface area (TPSA) is 92.3 Å². The van der Waals surface area contributed by atoms with Crippen molar-refractivity contribution in [3.63, 3.8) is 0 Å². The summed E-state index contributed by atoms with van der Waals surface area (Å²) in [6.07, 6.45) is 3.90. The first-order valence-electron chi connectivity index (χ1n) is 9.78. The van der Waals surface area contributed by atoms with Gasteiger partial charge in [-0.1, -0.05) is 18.9 Å². The molecule has 0 spiro atoms. The van der Waals surface area contributed by atoms with Crippen molar-refractivity contribution < 1.29 is 19.1 Å². The Morgan fingerprint density at radius 1 is 1.17 bits per heavy atom. The van der Waals surface area contributed by atoms with Crippen molar-refractivity contribution in [2.45, 2.75) is 32.2 Å². The van der Waals surface area contributed by atoms with Crippen LogP contribution in [-0.2, 0) is 16.1 Å². The maximum Gasteiger partial charge on any atom is 0.341 e. The van der Waals surface area contributed by atoms with Gasteiger partial charge in [-0.25, -0.2) is 4.79 Å². The largest absolute Gasteiger partial charge is 0.496 e. The van der Waals surface area contributed by atoms with E-state index in [4.69, 9.17) is 9.47 Å². The first kappa shape index (κ1) is 22.5.